The first-order valence-corrected chi connectivity index (χ1v) is 9.62. The summed E-state index contributed by atoms with van der Waals surface area (Å²) in [5.41, 5.74) is 5.28. The highest BCUT2D eigenvalue weighted by molar-refractivity contribution is 5.88. The Morgan fingerprint density at radius 3 is 2.50 bits per heavy atom. The number of amides is 1. The topological polar surface area (TPSA) is 45.7 Å². The van der Waals surface area contributed by atoms with Crippen molar-refractivity contribution in [3.8, 4) is 17.0 Å². The second kappa shape index (κ2) is 7.50. The van der Waals surface area contributed by atoms with Gasteiger partial charge in [-0.2, -0.15) is 0 Å². The number of nitrogens with zero attached hydrogens (tertiary/aromatic N) is 3. The predicted octanol–water partition coefficient (Wildman–Crippen LogP) is 3.89. The van der Waals surface area contributed by atoms with Crippen molar-refractivity contribution in [1.29, 1.82) is 0 Å². The average Bonchev–Trinajstić information content (AvgIpc) is 2.73. The molecule has 5 heteroatoms. The first kappa shape index (κ1) is 18.3. The summed E-state index contributed by atoms with van der Waals surface area (Å²) < 4.78 is 5.50. The SMILES string of the molecule is COc1ccccc1-c1cc(C)c2cc(N3CCN(C(C)=O)CC3)ccc2n1. The van der Waals surface area contributed by atoms with Gasteiger partial charge in [0.1, 0.15) is 5.75 Å². The molecule has 0 aliphatic carbocycles. The van der Waals surface area contributed by atoms with Crippen LogP contribution in [0.25, 0.3) is 22.2 Å². The first-order valence-electron chi connectivity index (χ1n) is 9.62. The molecule has 1 aliphatic rings. The Labute approximate surface area is 165 Å². The predicted molar refractivity (Wildman–Crippen MR) is 113 cm³/mol. The second-order valence-corrected chi connectivity index (χ2v) is 7.22. The number of hydrogen-bond acceptors (Lipinski definition) is 4. The minimum absolute atomic E-state index is 0.155. The number of piperazine rings is 1. The molecule has 4 rings (SSSR count). The largest absolute Gasteiger partial charge is 0.496 e. The molecule has 1 fully saturated rings. The van der Waals surface area contributed by atoms with Crippen molar-refractivity contribution in [3.05, 3.63) is 54.1 Å². The smallest absolute Gasteiger partial charge is 0.219 e. The van der Waals surface area contributed by atoms with Gasteiger partial charge in [-0.15, -0.1) is 0 Å². The van der Waals surface area contributed by atoms with Crippen LogP contribution in [0.15, 0.2) is 48.5 Å². The lowest BCUT2D eigenvalue weighted by Gasteiger charge is -2.35. The molecule has 1 saturated heterocycles. The van der Waals surface area contributed by atoms with Gasteiger partial charge in [-0.3, -0.25) is 4.79 Å². The number of aryl methyl sites for hydroxylation is 1. The van der Waals surface area contributed by atoms with Gasteiger partial charge in [0.2, 0.25) is 5.91 Å². The van der Waals surface area contributed by atoms with Crippen molar-refractivity contribution in [2.24, 2.45) is 0 Å². The lowest BCUT2D eigenvalue weighted by atomic mass is 10.0. The molecule has 144 valence electrons. The Bertz CT molecular complexity index is 1020. The van der Waals surface area contributed by atoms with Gasteiger partial charge >= 0.3 is 0 Å². The Morgan fingerprint density at radius 2 is 1.79 bits per heavy atom. The number of anilines is 1. The Kier molecular flexibility index (Phi) is 4.90. The van der Waals surface area contributed by atoms with Crippen molar-refractivity contribution < 1.29 is 9.53 Å². The van der Waals surface area contributed by atoms with Crippen LogP contribution >= 0.6 is 0 Å². The van der Waals surface area contributed by atoms with Gasteiger partial charge in [0.05, 0.1) is 18.3 Å². The minimum Gasteiger partial charge on any atom is -0.496 e. The molecule has 1 amide bonds. The number of rotatable bonds is 3. The molecule has 1 aliphatic heterocycles. The minimum atomic E-state index is 0.155. The van der Waals surface area contributed by atoms with Crippen molar-refractivity contribution in [3.63, 3.8) is 0 Å². The van der Waals surface area contributed by atoms with Gasteiger partial charge < -0.3 is 14.5 Å². The van der Waals surface area contributed by atoms with Crippen LogP contribution in [0.3, 0.4) is 0 Å². The molecule has 0 spiro atoms. The van der Waals surface area contributed by atoms with Crippen molar-refractivity contribution in [2.75, 3.05) is 38.2 Å². The van der Waals surface area contributed by atoms with Crippen LogP contribution < -0.4 is 9.64 Å². The lowest BCUT2D eigenvalue weighted by molar-refractivity contribution is -0.129. The Hall–Kier alpha value is -3.08. The molecule has 0 atom stereocenters. The number of carbonyl (C=O) groups excluding carboxylic acids is 1. The van der Waals surface area contributed by atoms with Gasteiger partial charge in [0.15, 0.2) is 0 Å². The fourth-order valence-electron chi connectivity index (χ4n) is 3.85. The highest BCUT2D eigenvalue weighted by Crippen LogP contribution is 2.32. The van der Waals surface area contributed by atoms with E-state index in [1.807, 2.05) is 29.2 Å². The van der Waals surface area contributed by atoms with E-state index >= 15 is 0 Å². The third kappa shape index (κ3) is 3.40. The van der Waals surface area contributed by atoms with Crippen LogP contribution in [0, 0.1) is 6.92 Å². The molecule has 2 heterocycles. The van der Waals surface area contributed by atoms with Crippen LogP contribution in [0.5, 0.6) is 5.75 Å². The average molecular weight is 375 g/mol. The standard InChI is InChI=1S/C23H25N3O2/c1-16-14-22(19-6-4-5-7-23(19)28-3)24-21-9-8-18(15-20(16)21)26-12-10-25(11-13-26)17(2)27/h4-9,14-15H,10-13H2,1-3H3. The van der Waals surface area contributed by atoms with Gasteiger partial charge in [0, 0.05) is 49.7 Å². The molecule has 5 nitrogen and oxygen atoms in total. The van der Waals surface area contributed by atoms with Gasteiger partial charge in [-0.1, -0.05) is 12.1 Å². The van der Waals surface area contributed by atoms with Gasteiger partial charge in [-0.05, 0) is 48.9 Å². The maximum atomic E-state index is 11.5. The molecular formula is C23H25N3O2. The zero-order valence-electron chi connectivity index (χ0n) is 16.6. The van der Waals surface area contributed by atoms with Crippen LogP contribution in [0.2, 0.25) is 0 Å². The Morgan fingerprint density at radius 1 is 1.04 bits per heavy atom. The molecule has 0 saturated carbocycles. The quantitative estimate of drug-likeness (QED) is 0.697. The highest BCUT2D eigenvalue weighted by atomic mass is 16.5. The molecule has 28 heavy (non-hydrogen) atoms. The number of methoxy groups -OCH3 is 1. The van der Waals surface area contributed by atoms with E-state index in [0.29, 0.717) is 0 Å². The third-order valence-electron chi connectivity index (χ3n) is 5.47. The van der Waals surface area contributed by atoms with Gasteiger partial charge in [0.25, 0.3) is 0 Å². The Balaban J connectivity index is 1.66. The van der Waals surface area contributed by atoms with Gasteiger partial charge in [-0.25, -0.2) is 4.98 Å². The van der Waals surface area contributed by atoms with E-state index in [1.165, 1.54) is 11.3 Å². The molecule has 0 unspecified atom stereocenters. The summed E-state index contributed by atoms with van der Waals surface area (Å²) in [6.07, 6.45) is 0. The summed E-state index contributed by atoms with van der Waals surface area (Å²) >= 11 is 0. The maximum absolute atomic E-state index is 11.5. The third-order valence-corrected chi connectivity index (χ3v) is 5.47. The fourth-order valence-corrected chi connectivity index (χ4v) is 3.85. The molecule has 0 bridgehead atoms. The number of fused-ring (bicyclic) bond motifs is 1. The summed E-state index contributed by atoms with van der Waals surface area (Å²) in [7, 11) is 1.69. The number of hydrogen-bond donors (Lipinski definition) is 0. The molecule has 0 N–H and O–H groups in total. The lowest BCUT2D eigenvalue weighted by Crippen LogP contribution is -2.48. The first-order chi connectivity index (χ1) is 13.6. The normalized spacial score (nSPS) is 14.4. The van der Waals surface area contributed by atoms with E-state index in [2.05, 4.69) is 36.1 Å². The van der Waals surface area contributed by atoms with Crippen molar-refractivity contribution in [1.82, 2.24) is 9.88 Å². The number of ether oxygens (including phenoxy) is 1. The molecular weight excluding hydrogens is 350 g/mol. The van der Waals surface area contributed by atoms with Crippen LogP contribution in [-0.4, -0.2) is 49.1 Å². The van der Waals surface area contributed by atoms with E-state index in [4.69, 9.17) is 9.72 Å². The van der Waals surface area contributed by atoms with E-state index in [1.54, 1.807) is 14.0 Å². The number of aromatic nitrogens is 1. The summed E-state index contributed by atoms with van der Waals surface area (Å²) in [6.45, 7) is 7.03. The van der Waals surface area contributed by atoms with Crippen LogP contribution in [0.1, 0.15) is 12.5 Å². The summed E-state index contributed by atoms with van der Waals surface area (Å²) in [5, 5.41) is 1.16. The van der Waals surface area contributed by atoms with Crippen molar-refractivity contribution in [2.45, 2.75) is 13.8 Å². The van der Waals surface area contributed by atoms with E-state index in [9.17, 15) is 4.79 Å². The number of carbonyl (C=O) groups is 1. The second-order valence-electron chi connectivity index (χ2n) is 7.22. The summed E-state index contributed by atoms with van der Waals surface area (Å²) in [6, 6.07) is 16.5. The molecule has 0 radical (unpaired) electrons. The zero-order valence-corrected chi connectivity index (χ0v) is 16.6. The molecule has 1 aromatic heterocycles. The highest BCUT2D eigenvalue weighted by Gasteiger charge is 2.19. The van der Waals surface area contributed by atoms with Crippen LogP contribution in [-0.2, 0) is 4.79 Å². The van der Waals surface area contributed by atoms with Crippen LogP contribution in [0.4, 0.5) is 5.69 Å². The summed E-state index contributed by atoms with van der Waals surface area (Å²) in [4.78, 5) is 20.7. The van der Waals surface area contributed by atoms with E-state index < -0.39 is 0 Å². The van der Waals surface area contributed by atoms with E-state index in [-0.39, 0.29) is 5.91 Å². The van der Waals surface area contributed by atoms with E-state index in [0.717, 1.165) is 54.1 Å². The molecule has 2 aromatic carbocycles. The summed E-state index contributed by atoms with van der Waals surface area (Å²) in [5.74, 6) is 0.982. The number of pyridine rings is 1. The maximum Gasteiger partial charge on any atom is 0.219 e. The van der Waals surface area contributed by atoms with Crippen molar-refractivity contribution >= 4 is 22.5 Å². The number of para-hydroxylation sites is 1. The number of benzene rings is 2. The monoisotopic (exact) mass is 375 g/mol. The molecule has 3 aromatic rings. The zero-order chi connectivity index (χ0) is 19.7. The fraction of sp³-hybridized carbons (Fsp3) is 0.304.